The second-order valence-electron chi connectivity index (χ2n) is 6.04. The number of carboxylic acids is 1. The van der Waals surface area contributed by atoms with Gasteiger partial charge in [-0.3, -0.25) is 9.59 Å². The summed E-state index contributed by atoms with van der Waals surface area (Å²) in [6.07, 6.45) is 0.0451. The minimum Gasteiger partial charge on any atom is -0.481 e. The molecule has 134 valence electrons. The Morgan fingerprint density at radius 3 is 2.42 bits per heavy atom. The highest BCUT2D eigenvalue weighted by Crippen LogP contribution is 2.15. The lowest BCUT2D eigenvalue weighted by Gasteiger charge is -2.27. The molecule has 0 aromatic heterocycles. The summed E-state index contributed by atoms with van der Waals surface area (Å²) in [4.78, 5) is 22.2. The Morgan fingerprint density at radius 1 is 1.29 bits per heavy atom. The first-order valence-corrected chi connectivity index (χ1v) is 8.73. The molecule has 9 heteroatoms. The van der Waals surface area contributed by atoms with E-state index in [2.05, 4.69) is 10.0 Å². The molecule has 7 nitrogen and oxygen atoms in total. The third-order valence-corrected chi connectivity index (χ3v) is 4.85. The molecule has 1 aromatic rings. The zero-order valence-corrected chi connectivity index (χ0v) is 14.5. The Labute approximate surface area is 140 Å². The van der Waals surface area contributed by atoms with Crippen LogP contribution < -0.4 is 10.0 Å². The number of benzene rings is 1. The fourth-order valence-corrected chi connectivity index (χ4v) is 3.22. The second kappa shape index (κ2) is 7.71. The quantitative estimate of drug-likeness (QED) is 0.646. The van der Waals surface area contributed by atoms with Crippen molar-refractivity contribution in [3.63, 3.8) is 0 Å². The molecule has 0 bridgehead atoms. The van der Waals surface area contributed by atoms with Crippen LogP contribution >= 0.6 is 0 Å². The maximum absolute atomic E-state index is 13.6. The number of sulfonamides is 1. The Hall–Kier alpha value is -2.00. The largest absolute Gasteiger partial charge is 0.481 e. The zero-order valence-electron chi connectivity index (χ0n) is 13.7. The third kappa shape index (κ3) is 5.89. The van der Waals surface area contributed by atoms with Gasteiger partial charge in [0.05, 0.1) is 6.04 Å². The van der Waals surface area contributed by atoms with E-state index in [4.69, 9.17) is 5.11 Å². The van der Waals surface area contributed by atoms with E-state index in [0.29, 0.717) is 0 Å². The molecule has 1 amide bonds. The minimum atomic E-state index is -4.20. The number of carboxylic acid groups (broad SMARTS) is 1. The predicted molar refractivity (Wildman–Crippen MR) is 85.3 cm³/mol. The molecule has 0 saturated carbocycles. The number of rotatable bonds is 8. The summed E-state index contributed by atoms with van der Waals surface area (Å²) in [6, 6.07) is 3.68. The number of carbonyl (C=O) groups is 2. The molecule has 1 atom stereocenters. The highest BCUT2D eigenvalue weighted by Gasteiger charge is 2.28. The second-order valence-corrected chi connectivity index (χ2v) is 7.72. The molecule has 0 radical (unpaired) electrons. The molecule has 0 fully saturated rings. The maximum Gasteiger partial charge on any atom is 0.303 e. The first kappa shape index (κ1) is 20.0. The first-order chi connectivity index (χ1) is 10.9. The van der Waals surface area contributed by atoms with Crippen molar-refractivity contribution in [2.75, 3.05) is 0 Å². The van der Waals surface area contributed by atoms with Gasteiger partial charge in [-0.2, -0.15) is 4.72 Å². The Bertz CT molecular complexity index is 718. The molecule has 0 heterocycles. The Morgan fingerprint density at radius 2 is 1.88 bits per heavy atom. The van der Waals surface area contributed by atoms with Gasteiger partial charge in [-0.25, -0.2) is 12.8 Å². The number of carbonyl (C=O) groups excluding carboxylic acids is 1. The zero-order chi connectivity index (χ0) is 18.5. The summed E-state index contributed by atoms with van der Waals surface area (Å²) in [6.45, 7) is 4.58. The van der Waals surface area contributed by atoms with Gasteiger partial charge >= 0.3 is 5.97 Å². The normalized spacial score (nSPS) is 13.3. The highest BCUT2D eigenvalue weighted by atomic mass is 32.2. The summed E-state index contributed by atoms with van der Waals surface area (Å²) >= 11 is 0. The van der Waals surface area contributed by atoms with Crippen molar-refractivity contribution in [1.29, 1.82) is 0 Å². The molecule has 0 aliphatic carbocycles. The summed E-state index contributed by atoms with van der Waals surface area (Å²) in [7, 11) is -4.20. The van der Waals surface area contributed by atoms with E-state index >= 15 is 0 Å². The van der Waals surface area contributed by atoms with Gasteiger partial charge in [-0.1, -0.05) is 12.1 Å². The van der Waals surface area contributed by atoms with E-state index in [0.717, 1.165) is 12.1 Å². The van der Waals surface area contributed by atoms with E-state index in [1.54, 1.807) is 13.8 Å². The smallest absolute Gasteiger partial charge is 0.303 e. The monoisotopic (exact) mass is 360 g/mol. The number of amides is 1. The van der Waals surface area contributed by atoms with Crippen LogP contribution in [0.5, 0.6) is 0 Å². The van der Waals surface area contributed by atoms with Gasteiger partial charge in [-0.05, 0) is 39.3 Å². The van der Waals surface area contributed by atoms with Crippen LogP contribution in [-0.4, -0.2) is 37.0 Å². The van der Waals surface area contributed by atoms with Crippen LogP contribution in [0.15, 0.2) is 29.2 Å². The fraction of sp³-hybridized carbons (Fsp3) is 0.467. The summed E-state index contributed by atoms with van der Waals surface area (Å²) in [5, 5.41) is 11.3. The van der Waals surface area contributed by atoms with Crippen molar-refractivity contribution in [3.05, 3.63) is 30.1 Å². The lowest BCUT2D eigenvalue weighted by molar-refractivity contribution is -0.137. The lowest BCUT2D eigenvalue weighted by atomic mass is 9.98. The van der Waals surface area contributed by atoms with E-state index in [-0.39, 0.29) is 12.8 Å². The predicted octanol–water partition coefficient (Wildman–Crippen LogP) is 1.25. The van der Waals surface area contributed by atoms with Gasteiger partial charge in [0.25, 0.3) is 0 Å². The molecule has 0 saturated heterocycles. The summed E-state index contributed by atoms with van der Waals surface area (Å²) in [5.74, 6) is -2.55. The molecule has 1 rings (SSSR count). The van der Waals surface area contributed by atoms with Crippen LogP contribution in [0.2, 0.25) is 0 Å². The number of hydrogen-bond acceptors (Lipinski definition) is 4. The average molecular weight is 360 g/mol. The molecule has 1 aromatic carbocycles. The highest BCUT2D eigenvalue weighted by molar-refractivity contribution is 7.89. The molecule has 1 unspecified atom stereocenters. The van der Waals surface area contributed by atoms with Crippen LogP contribution in [0.4, 0.5) is 4.39 Å². The van der Waals surface area contributed by atoms with E-state index in [1.165, 1.54) is 19.1 Å². The van der Waals surface area contributed by atoms with Gasteiger partial charge in [0.1, 0.15) is 10.7 Å². The van der Waals surface area contributed by atoms with Crippen molar-refractivity contribution in [2.45, 2.75) is 50.1 Å². The van der Waals surface area contributed by atoms with Gasteiger partial charge in [0.2, 0.25) is 15.9 Å². The molecular formula is C15H21FN2O5S. The van der Waals surface area contributed by atoms with Gasteiger partial charge < -0.3 is 10.4 Å². The van der Waals surface area contributed by atoms with E-state index in [9.17, 15) is 22.4 Å². The van der Waals surface area contributed by atoms with Crippen molar-refractivity contribution in [3.8, 4) is 0 Å². The number of aliphatic carboxylic acids is 1. The first-order valence-electron chi connectivity index (χ1n) is 7.25. The van der Waals surface area contributed by atoms with E-state index in [1.807, 2.05) is 0 Å². The number of nitrogens with one attached hydrogen (secondary N) is 2. The van der Waals surface area contributed by atoms with Crippen LogP contribution in [0.1, 0.15) is 33.6 Å². The Kier molecular flexibility index (Phi) is 6.44. The average Bonchev–Trinajstić information content (AvgIpc) is 2.44. The molecule has 3 N–H and O–H groups in total. The van der Waals surface area contributed by atoms with Gasteiger partial charge in [0.15, 0.2) is 0 Å². The minimum absolute atomic E-state index is 0.136. The standard InChI is InChI=1S/C15H21FN2O5S/c1-10(14(21)17-15(2,3)9-8-13(19)20)18-24(22,23)12-7-5-4-6-11(12)16/h4-7,10,18H,8-9H2,1-3H3,(H,17,21)(H,19,20). The summed E-state index contributed by atoms with van der Waals surface area (Å²) in [5.41, 5.74) is -0.826. The molecular weight excluding hydrogens is 339 g/mol. The van der Waals surface area contributed by atoms with Crippen molar-refractivity contribution < 1.29 is 27.5 Å². The van der Waals surface area contributed by atoms with Crippen molar-refractivity contribution in [1.82, 2.24) is 10.0 Å². The van der Waals surface area contributed by atoms with E-state index < -0.39 is 44.2 Å². The lowest BCUT2D eigenvalue weighted by Crippen LogP contribution is -2.52. The van der Waals surface area contributed by atoms with Gasteiger partial charge in [0, 0.05) is 12.0 Å². The molecule has 0 aliphatic heterocycles. The molecule has 24 heavy (non-hydrogen) atoms. The van der Waals surface area contributed by atoms with Crippen LogP contribution in [-0.2, 0) is 19.6 Å². The van der Waals surface area contributed by atoms with Crippen LogP contribution in [0.3, 0.4) is 0 Å². The number of halogens is 1. The SMILES string of the molecule is CC(NS(=O)(=O)c1ccccc1F)C(=O)NC(C)(C)CCC(=O)O. The topological polar surface area (TPSA) is 113 Å². The third-order valence-electron chi connectivity index (χ3n) is 3.28. The maximum atomic E-state index is 13.6. The van der Waals surface area contributed by atoms with Crippen LogP contribution in [0, 0.1) is 5.82 Å². The molecule has 0 spiro atoms. The van der Waals surface area contributed by atoms with Crippen LogP contribution in [0.25, 0.3) is 0 Å². The van der Waals surface area contributed by atoms with Crippen molar-refractivity contribution in [2.24, 2.45) is 0 Å². The number of hydrogen-bond donors (Lipinski definition) is 3. The molecule has 0 aliphatic rings. The summed E-state index contributed by atoms with van der Waals surface area (Å²) < 4.78 is 40.0. The van der Waals surface area contributed by atoms with Crippen molar-refractivity contribution >= 4 is 21.9 Å². The fourth-order valence-electron chi connectivity index (χ4n) is 1.94. The van der Waals surface area contributed by atoms with Gasteiger partial charge in [-0.15, -0.1) is 0 Å². The Balaban J connectivity index is 2.76.